The van der Waals surface area contributed by atoms with Crippen molar-refractivity contribution >= 4 is 11.6 Å². The van der Waals surface area contributed by atoms with Crippen LogP contribution in [-0.4, -0.2) is 31.0 Å². The van der Waals surface area contributed by atoms with Crippen molar-refractivity contribution in [3.05, 3.63) is 178 Å². The Hall–Kier alpha value is -4.39. The molecule has 256 valence electrons. The molecule has 0 amide bonds. The number of hydrogen-bond acceptors (Lipinski definition) is 6. The zero-order valence-electron chi connectivity index (χ0n) is 27.6. The van der Waals surface area contributed by atoms with Crippen LogP contribution in [0.25, 0.3) is 0 Å². The largest absolute Gasteiger partial charge is 0.374 e. The first kappa shape index (κ1) is 35.4. The Morgan fingerprint density at radius 3 is 1.58 bits per heavy atom. The van der Waals surface area contributed by atoms with Gasteiger partial charge in [0.1, 0.15) is 36.3 Å². The van der Waals surface area contributed by atoms with Gasteiger partial charge in [-0.3, -0.25) is 0 Å². The van der Waals surface area contributed by atoms with Crippen molar-refractivity contribution in [2.75, 3.05) is 6.61 Å². The molecule has 0 bridgehead atoms. The summed E-state index contributed by atoms with van der Waals surface area (Å²) >= 11 is 6.39. The van der Waals surface area contributed by atoms with Gasteiger partial charge in [-0.1, -0.05) is 133 Å². The van der Waals surface area contributed by atoms with Crippen LogP contribution in [0.4, 0.5) is 4.39 Å². The highest BCUT2D eigenvalue weighted by molar-refractivity contribution is 6.31. The second-order valence-electron chi connectivity index (χ2n) is 12.2. The lowest BCUT2D eigenvalue weighted by Gasteiger charge is -2.46. The summed E-state index contributed by atoms with van der Waals surface area (Å²) < 4.78 is 49.3. The second-order valence-corrected chi connectivity index (χ2v) is 12.6. The van der Waals surface area contributed by atoms with Crippen molar-refractivity contribution < 1.29 is 28.1 Å². The number of rotatable bonds is 15. The summed E-state index contributed by atoms with van der Waals surface area (Å²) in [5.74, 6) is -0.565. The Morgan fingerprint density at radius 1 is 0.620 bits per heavy atom. The molecule has 5 aromatic carbocycles. The van der Waals surface area contributed by atoms with Crippen LogP contribution in [-0.2, 0) is 56.5 Å². The van der Waals surface area contributed by atoms with E-state index in [9.17, 15) is 5.26 Å². The lowest BCUT2D eigenvalue weighted by atomic mass is 9.89. The van der Waals surface area contributed by atoms with Crippen LogP contribution in [0.3, 0.4) is 0 Å². The Bertz CT molecular complexity index is 1810. The second kappa shape index (κ2) is 18.0. The number of nitrogens with zero attached hydrogens (tertiary/aromatic N) is 1. The molecule has 0 aliphatic carbocycles. The SMILES string of the molecule is N#CCc1cc([C@@H]2O[C@H](COCc3ccccc3)[C@@H](OCc3ccccc3)[C@H](OCc3ccccc3)[C@H]2OCc2ccccc2)c(F)cc1Cl. The van der Waals surface area contributed by atoms with E-state index in [0.29, 0.717) is 12.2 Å². The molecular formula is C42H39ClFNO5. The molecule has 50 heavy (non-hydrogen) atoms. The first-order valence-corrected chi connectivity index (χ1v) is 17.1. The molecule has 1 aliphatic rings. The van der Waals surface area contributed by atoms with Gasteiger partial charge in [0.15, 0.2) is 0 Å². The predicted octanol–water partition coefficient (Wildman–Crippen LogP) is 8.96. The fraction of sp³-hybridized carbons (Fsp3) is 0.262. The van der Waals surface area contributed by atoms with Crippen LogP contribution >= 0.6 is 11.6 Å². The van der Waals surface area contributed by atoms with Gasteiger partial charge < -0.3 is 23.7 Å². The van der Waals surface area contributed by atoms with Crippen molar-refractivity contribution in [2.45, 2.75) is 63.4 Å². The van der Waals surface area contributed by atoms with Crippen molar-refractivity contribution in [3.8, 4) is 6.07 Å². The smallest absolute Gasteiger partial charge is 0.130 e. The summed E-state index contributed by atoms with van der Waals surface area (Å²) in [6.07, 6.45) is -3.83. The van der Waals surface area contributed by atoms with Crippen molar-refractivity contribution in [1.82, 2.24) is 0 Å². The van der Waals surface area contributed by atoms with Gasteiger partial charge in [-0.15, -0.1) is 0 Å². The standard InChI is InChI=1S/C42H39ClFNO5/c43-36-24-37(44)35(23-34(36)21-22-45)39-41(48-27-32-17-9-3-10-18-32)42(49-28-33-19-11-4-12-20-33)40(47-26-31-15-7-2-8-16-31)38(50-39)29-46-25-30-13-5-1-6-14-30/h1-20,23-24,38-42H,21,25-29H2/t38-,39+,40-,41+,42+/m1/s1. The van der Waals surface area contributed by atoms with Crippen LogP contribution in [0.15, 0.2) is 133 Å². The number of benzene rings is 5. The Morgan fingerprint density at radius 2 is 1.08 bits per heavy atom. The maximum atomic E-state index is 16.0. The quantitative estimate of drug-likeness (QED) is 0.109. The molecule has 0 saturated carbocycles. The van der Waals surface area contributed by atoms with Gasteiger partial charge in [-0.25, -0.2) is 4.39 Å². The molecule has 0 unspecified atom stereocenters. The monoisotopic (exact) mass is 691 g/mol. The first-order chi connectivity index (χ1) is 24.6. The summed E-state index contributed by atoms with van der Waals surface area (Å²) in [6, 6.07) is 44.3. The third kappa shape index (κ3) is 9.43. The molecule has 1 heterocycles. The summed E-state index contributed by atoms with van der Waals surface area (Å²) in [7, 11) is 0. The average molecular weight is 692 g/mol. The van der Waals surface area contributed by atoms with E-state index in [1.54, 1.807) is 6.07 Å². The first-order valence-electron chi connectivity index (χ1n) is 16.7. The summed E-state index contributed by atoms with van der Waals surface area (Å²) in [5, 5.41) is 9.68. The topological polar surface area (TPSA) is 69.9 Å². The third-order valence-corrected chi connectivity index (χ3v) is 8.98. The summed E-state index contributed by atoms with van der Waals surface area (Å²) in [5.41, 5.74) is 4.60. The average Bonchev–Trinajstić information content (AvgIpc) is 3.15. The maximum Gasteiger partial charge on any atom is 0.130 e. The van der Waals surface area contributed by atoms with E-state index in [-0.39, 0.29) is 43.4 Å². The van der Waals surface area contributed by atoms with E-state index in [4.69, 9.17) is 35.3 Å². The molecule has 0 radical (unpaired) electrons. The molecular weight excluding hydrogens is 653 g/mol. The molecule has 6 nitrogen and oxygen atoms in total. The minimum absolute atomic E-state index is 0.00867. The van der Waals surface area contributed by atoms with Gasteiger partial charge in [0, 0.05) is 10.6 Å². The maximum absolute atomic E-state index is 16.0. The molecule has 5 atom stereocenters. The summed E-state index contributed by atoms with van der Waals surface area (Å²) in [6.45, 7) is 1.25. The molecule has 8 heteroatoms. The van der Waals surface area contributed by atoms with Gasteiger partial charge in [0.25, 0.3) is 0 Å². The van der Waals surface area contributed by atoms with Crippen molar-refractivity contribution in [3.63, 3.8) is 0 Å². The van der Waals surface area contributed by atoms with Crippen LogP contribution in [0, 0.1) is 17.1 Å². The zero-order chi connectivity index (χ0) is 34.5. The van der Waals surface area contributed by atoms with Crippen LogP contribution in [0.2, 0.25) is 5.02 Å². The molecule has 6 rings (SSSR count). The van der Waals surface area contributed by atoms with E-state index < -0.39 is 36.3 Å². The molecule has 0 N–H and O–H groups in total. The van der Waals surface area contributed by atoms with Crippen LogP contribution in [0.1, 0.15) is 39.5 Å². The molecule has 0 aromatic heterocycles. The number of hydrogen-bond donors (Lipinski definition) is 0. The van der Waals surface area contributed by atoms with Crippen molar-refractivity contribution in [2.24, 2.45) is 0 Å². The van der Waals surface area contributed by atoms with E-state index in [1.165, 1.54) is 6.07 Å². The highest BCUT2D eigenvalue weighted by atomic mass is 35.5. The molecule has 1 aliphatic heterocycles. The molecule has 0 spiro atoms. The van der Waals surface area contributed by atoms with E-state index in [2.05, 4.69) is 6.07 Å². The van der Waals surface area contributed by atoms with Crippen LogP contribution in [0.5, 0.6) is 0 Å². The predicted molar refractivity (Wildman–Crippen MR) is 189 cm³/mol. The van der Waals surface area contributed by atoms with Gasteiger partial charge in [-0.2, -0.15) is 5.26 Å². The van der Waals surface area contributed by atoms with Gasteiger partial charge in [-0.05, 0) is 39.9 Å². The van der Waals surface area contributed by atoms with Gasteiger partial charge in [0.2, 0.25) is 0 Å². The van der Waals surface area contributed by atoms with E-state index >= 15 is 4.39 Å². The Balaban J connectivity index is 1.40. The van der Waals surface area contributed by atoms with E-state index in [0.717, 1.165) is 22.3 Å². The minimum atomic E-state index is -0.948. The normalized spacial score (nSPS) is 20.3. The number of nitriles is 1. The highest BCUT2D eigenvalue weighted by Gasteiger charge is 2.49. The molecule has 5 aromatic rings. The lowest BCUT2D eigenvalue weighted by Crippen LogP contribution is -2.58. The lowest BCUT2D eigenvalue weighted by molar-refractivity contribution is -0.275. The van der Waals surface area contributed by atoms with Crippen LogP contribution < -0.4 is 0 Å². The zero-order valence-corrected chi connectivity index (χ0v) is 28.3. The Kier molecular flexibility index (Phi) is 12.8. The van der Waals surface area contributed by atoms with Crippen molar-refractivity contribution in [1.29, 1.82) is 5.26 Å². The van der Waals surface area contributed by atoms with Gasteiger partial charge in [0.05, 0.1) is 45.5 Å². The number of halogens is 2. The Labute approximate surface area is 297 Å². The third-order valence-electron chi connectivity index (χ3n) is 8.63. The van der Waals surface area contributed by atoms with E-state index in [1.807, 2.05) is 121 Å². The minimum Gasteiger partial charge on any atom is -0.374 e. The molecule has 1 saturated heterocycles. The highest BCUT2D eigenvalue weighted by Crippen LogP contribution is 2.40. The van der Waals surface area contributed by atoms with Gasteiger partial charge >= 0.3 is 0 Å². The molecule has 1 fully saturated rings. The fourth-order valence-corrected chi connectivity index (χ4v) is 6.31. The number of ether oxygens (including phenoxy) is 5. The fourth-order valence-electron chi connectivity index (χ4n) is 6.09. The summed E-state index contributed by atoms with van der Waals surface area (Å²) in [4.78, 5) is 0.